The molecular formula is C22H26FN3O2. The minimum Gasteiger partial charge on any atom is -0.494 e. The number of halogens is 1. The summed E-state index contributed by atoms with van der Waals surface area (Å²) < 4.78 is 18.8. The van der Waals surface area contributed by atoms with Gasteiger partial charge in [0, 0.05) is 37.9 Å². The van der Waals surface area contributed by atoms with E-state index in [1.54, 1.807) is 6.07 Å². The third kappa shape index (κ3) is 3.97. The van der Waals surface area contributed by atoms with Crippen molar-refractivity contribution in [2.45, 2.75) is 31.8 Å². The van der Waals surface area contributed by atoms with Crippen molar-refractivity contribution in [2.24, 2.45) is 0 Å². The monoisotopic (exact) mass is 383 g/mol. The van der Waals surface area contributed by atoms with Crippen molar-refractivity contribution in [3.63, 3.8) is 0 Å². The number of ether oxygens (including phenoxy) is 1. The molecule has 2 amide bonds. The molecule has 2 aliphatic heterocycles. The summed E-state index contributed by atoms with van der Waals surface area (Å²) in [6.45, 7) is 3.22. The maximum absolute atomic E-state index is 13.9. The van der Waals surface area contributed by atoms with Crippen LogP contribution in [0.2, 0.25) is 0 Å². The highest BCUT2D eigenvalue weighted by atomic mass is 19.1. The third-order valence-corrected chi connectivity index (χ3v) is 5.67. The van der Waals surface area contributed by atoms with Gasteiger partial charge in [-0.25, -0.2) is 9.18 Å². The van der Waals surface area contributed by atoms with Crippen LogP contribution in [0.1, 0.15) is 24.0 Å². The van der Waals surface area contributed by atoms with Gasteiger partial charge in [0.25, 0.3) is 0 Å². The molecule has 1 fully saturated rings. The molecule has 2 aromatic carbocycles. The lowest BCUT2D eigenvalue weighted by molar-refractivity contribution is 0.188. The summed E-state index contributed by atoms with van der Waals surface area (Å²) in [6, 6.07) is 13.4. The highest BCUT2D eigenvalue weighted by molar-refractivity contribution is 5.94. The van der Waals surface area contributed by atoms with E-state index in [-0.39, 0.29) is 23.6 Å². The number of hydrogen-bond donors (Lipinski definition) is 1. The summed E-state index contributed by atoms with van der Waals surface area (Å²) in [6.07, 6.45) is 2.72. The van der Waals surface area contributed by atoms with E-state index in [2.05, 4.69) is 16.3 Å². The molecule has 1 N–H and O–H groups in total. The first-order valence-corrected chi connectivity index (χ1v) is 9.85. The smallest absolute Gasteiger partial charge is 0.322 e. The van der Waals surface area contributed by atoms with Crippen LogP contribution in [0, 0.1) is 5.82 Å². The van der Waals surface area contributed by atoms with E-state index >= 15 is 0 Å². The standard InChI is InChI=1S/C22H26FN3O2/c1-28-21-7-6-16(14-19(21)23)15-25-11-9-18(10-12-25)24-22(27)26-13-8-17-4-2-3-5-20(17)26/h2-7,14,18H,8-13,15H2,1H3,(H,24,27). The zero-order valence-corrected chi connectivity index (χ0v) is 16.2. The second-order valence-corrected chi connectivity index (χ2v) is 7.50. The lowest BCUT2D eigenvalue weighted by atomic mass is 10.0. The van der Waals surface area contributed by atoms with Gasteiger partial charge in [-0.2, -0.15) is 0 Å². The minimum atomic E-state index is -0.326. The van der Waals surface area contributed by atoms with Crippen molar-refractivity contribution in [1.82, 2.24) is 10.2 Å². The Balaban J connectivity index is 1.28. The molecule has 4 rings (SSSR count). The van der Waals surface area contributed by atoms with Crippen LogP contribution in [0.5, 0.6) is 5.75 Å². The SMILES string of the molecule is COc1ccc(CN2CCC(NC(=O)N3CCc4ccccc43)CC2)cc1F. The molecule has 5 nitrogen and oxygen atoms in total. The van der Waals surface area contributed by atoms with Crippen molar-refractivity contribution in [1.29, 1.82) is 0 Å². The van der Waals surface area contributed by atoms with Crippen molar-refractivity contribution < 1.29 is 13.9 Å². The summed E-state index contributed by atoms with van der Waals surface area (Å²) in [5, 5.41) is 3.19. The number of nitrogens with one attached hydrogen (secondary N) is 1. The van der Waals surface area contributed by atoms with Crippen molar-refractivity contribution in [3.05, 3.63) is 59.4 Å². The molecule has 6 heteroatoms. The van der Waals surface area contributed by atoms with Gasteiger partial charge in [0.1, 0.15) is 0 Å². The van der Waals surface area contributed by atoms with Gasteiger partial charge in [-0.15, -0.1) is 0 Å². The number of fused-ring (bicyclic) bond motifs is 1. The Morgan fingerprint density at radius 1 is 1.18 bits per heavy atom. The zero-order valence-electron chi connectivity index (χ0n) is 16.2. The largest absolute Gasteiger partial charge is 0.494 e. The number of benzene rings is 2. The Hall–Kier alpha value is -2.60. The fraction of sp³-hybridized carbons (Fsp3) is 0.409. The van der Waals surface area contributed by atoms with E-state index in [0.717, 1.165) is 50.1 Å². The number of piperidine rings is 1. The van der Waals surface area contributed by atoms with Crippen LogP contribution in [0.3, 0.4) is 0 Å². The predicted octanol–water partition coefficient (Wildman–Crippen LogP) is 3.57. The number of urea groups is 1. The molecule has 2 heterocycles. The molecule has 0 atom stereocenters. The number of para-hydroxylation sites is 1. The molecule has 2 aromatic rings. The van der Waals surface area contributed by atoms with Crippen LogP contribution in [0.25, 0.3) is 0 Å². The quantitative estimate of drug-likeness (QED) is 0.878. The zero-order chi connectivity index (χ0) is 19.5. The van der Waals surface area contributed by atoms with Gasteiger partial charge in [-0.1, -0.05) is 24.3 Å². The second-order valence-electron chi connectivity index (χ2n) is 7.50. The molecule has 0 unspecified atom stereocenters. The summed E-state index contributed by atoms with van der Waals surface area (Å²) in [5.74, 6) is -0.0540. The van der Waals surface area contributed by atoms with Crippen LogP contribution in [0.15, 0.2) is 42.5 Å². The lowest BCUT2D eigenvalue weighted by Crippen LogP contribution is -2.48. The molecule has 1 saturated heterocycles. The highest BCUT2D eigenvalue weighted by Crippen LogP contribution is 2.27. The second kappa shape index (κ2) is 8.19. The van der Waals surface area contributed by atoms with Crippen molar-refractivity contribution in [3.8, 4) is 5.75 Å². The van der Waals surface area contributed by atoms with Gasteiger partial charge < -0.3 is 10.1 Å². The van der Waals surface area contributed by atoms with Crippen LogP contribution in [-0.4, -0.2) is 43.7 Å². The van der Waals surface area contributed by atoms with Gasteiger partial charge in [0.15, 0.2) is 11.6 Å². The molecule has 2 aliphatic rings. The molecule has 0 aromatic heterocycles. The maximum Gasteiger partial charge on any atom is 0.322 e. The molecule has 0 saturated carbocycles. The molecule has 0 aliphatic carbocycles. The van der Waals surface area contributed by atoms with Crippen LogP contribution in [0.4, 0.5) is 14.9 Å². The molecular weight excluding hydrogens is 357 g/mol. The first-order chi connectivity index (χ1) is 13.6. The summed E-state index contributed by atoms with van der Waals surface area (Å²) in [4.78, 5) is 16.8. The number of carbonyl (C=O) groups is 1. The summed E-state index contributed by atoms with van der Waals surface area (Å²) in [7, 11) is 1.47. The van der Waals surface area contributed by atoms with Gasteiger partial charge in [-0.3, -0.25) is 9.80 Å². The van der Waals surface area contributed by atoms with E-state index in [1.165, 1.54) is 18.7 Å². The fourth-order valence-electron chi connectivity index (χ4n) is 4.10. The van der Waals surface area contributed by atoms with Crippen LogP contribution >= 0.6 is 0 Å². The fourth-order valence-corrected chi connectivity index (χ4v) is 4.10. The molecule has 28 heavy (non-hydrogen) atoms. The van der Waals surface area contributed by atoms with E-state index in [4.69, 9.17) is 4.74 Å². The van der Waals surface area contributed by atoms with Crippen LogP contribution in [-0.2, 0) is 13.0 Å². The van der Waals surface area contributed by atoms with Gasteiger partial charge >= 0.3 is 6.03 Å². The Kier molecular flexibility index (Phi) is 5.48. The average Bonchev–Trinajstić information content (AvgIpc) is 3.14. The number of hydrogen-bond acceptors (Lipinski definition) is 3. The molecule has 0 bridgehead atoms. The predicted molar refractivity (Wildman–Crippen MR) is 107 cm³/mol. The molecule has 0 radical (unpaired) electrons. The first kappa shape index (κ1) is 18.7. The summed E-state index contributed by atoms with van der Waals surface area (Å²) >= 11 is 0. The Bertz CT molecular complexity index is 849. The number of amides is 2. The third-order valence-electron chi connectivity index (χ3n) is 5.67. The van der Waals surface area contributed by atoms with Crippen molar-refractivity contribution in [2.75, 3.05) is 31.6 Å². The van der Waals surface area contributed by atoms with Gasteiger partial charge in [0.2, 0.25) is 0 Å². The topological polar surface area (TPSA) is 44.8 Å². The molecule has 0 spiro atoms. The van der Waals surface area contributed by atoms with E-state index in [1.807, 2.05) is 29.2 Å². The molecule has 148 valence electrons. The number of rotatable bonds is 4. The lowest BCUT2D eigenvalue weighted by Gasteiger charge is -2.33. The minimum absolute atomic E-state index is 0.000579. The number of likely N-dealkylation sites (tertiary alicyclic amines) is 1. The number of anilines is 1. The number of methoxy groups -OCH3 is 1. The van der Waals surface area contributed by atoms with Crippen molar-refractivity contribution >= 4 is 11.7 Å². The van der Waals surface area contributed by atoms with E-state index < -0.39 is 0 Å². The van der Waals surface area contributed by atoms with Gasteiger partial charge in [-0.05, 0) is 48.6 Å². The van der Waals surface area contributed by atoms with E-state index in [9.17, 15) is 9.18 Å². The maximum atomic E-state index is 13.9. The number of carbonyl (C=O) groups excluding carboxylic acids is 1. The normalized spacial score (nSPS) is 17.4. The summed E-state index contributed by atoms with van der Waals surface area (Å²) in [5.41, 5.74) is 3.20. The first-order valence-electron chi connectivity index (χ1n) is 9.85. The number of nitrogens with zero attached hydrogens (tertiary/aromatic N) is 2. The van der Waals surface area contributed by atoms with Crippen LogP contribution < -0.4 is 15.0 Å². The Labute approximate surface area is 165 Å². The van der Waals surface area contributed by atoms with Gasteiger partial charge in [0.05, 0.1) is 7.11 Å². The Morgan fingerprint density at radius 3 is 2.71 bits per heavy atom. The van der Waals surface area contributed by atoms with E-state index in [0.29, 0.717) is 6.54 Å². The Morgan fingerprint density at radius 2 is 1.96 bits per heavy atom. The highest BCUT2D eigenvalue weighted by Gasteiger charge is 2.27. The average molecular weight is 383 g/mol.